The third-order valence-corrected chi connectivity index (χ3v) is 3.07. The molecule has 0 heterocycles. The van der Waals surface area contributed by atoms with Crippen molar-refractivity contribution in [3.05, 3.63) is 65.7 Å². The number of nitrogens with zero attached hydrogens (tertiary/aromatic N) is 1. The quantitative estimate of drug-likeness (QED) is 0.845. The highest BCUT2D eigenvalue weighted by Gasteiger charge is 2.00. The van der Waals surface area contributed by atoms with Crippen molar-refractivity contribution in [2.45, 2.75) is 0 Å². The van der Waals surface area contributed by atoms with Crippen molar-refractivity contribution in [1.29, 1.82) is 0 Å². The van der Waals surface area contributed by atoms with Gasteiger partial charge >= 0.3 is 0 Å². The molecule has 0 amide bonds. The first-order chi connectivity index (χ1) is 9.20. The predicted octanol–water partition coefficient (Wildman–Crippen LogP) is 3.29. The molecule has 98 valence electrons. The minimum Gasteiger partial charge on any atom is -0.392 e. The van der Waals surface area contributed by atoms with Gasteiger partial charge in [0.05, 0.1) is 6.61 Å². The summed E-state index contributed by atoms with van der Waals surface area (Å²) in [4.78, 5) is 2.07. The maximum atomic E-state index is 9.51. The largest absolute Gasteiger partial charge is 0.392 e. The Hall–Kier alpha value is -2.06. The Bertz CT molecular complexity index is 541. The van der Waals surface area contributed by atoms with Gasteiger partial charge in [0, 0.05) is 19.8 Å². The van der Waals surface area contributed by atoms with Gasteiger partial charge in [-0.3, -0.25) is 0 Å². The second-order valence-corrected chi connectivity index (χ2v) is 4.68. The van der Waals surface area contributed by atoms with E-state index in [4.69, 9.17) is 0 Å². The van der Waals surface area contributed by atoms with Crippen LogP contribution < -0.4 is 4.90 Å². The number of aliphatic hydroxyl groups is 1. The summed E-state index contributed by atoms with van der Waals surface area (Å²) in [6.45, 7) is 0.0411. The molecule has 0 spiro atoms. The monoisotopic (exact) mass is 253 g/mol. The fourth-order valence-corrected chi connectivity index (χ4v) is 1.94. The van der Waals surface area contributed by atoms with E-state index < -0.39 is 0 Å². The fourth-order valence-electron chi connectivity index (χ4n) is 1.94. The molecular formula is C17H19NO. The van der Waals surface area contributed by atoms with Crippen molar-refractivity contribution in [1.82, 2.24) is 0 Å². The Morgan fingerprint density at radius 1 is 1.00 bits per heavy atom. The third kappa shape index (κ3) is 3.46. The molecule has 0 saturated heterocycles. The van der Waals surface area contributed by atoms with Crippen LogP contribution in [0.15, 0.2) is 54.6 Å². The zero-order chi connectivity index (χ0) is 13.7. The van der Waals surface area contributed by atoms with Crippen LogP contribution in [0.3, 0.4) is 0 Å². The van der Waals surface area contributed by atoms with Gasteiger partial charge in [-0.25, -0.2) is 0 Å². The minimum absolute atomic E-state index is 0.0411. The Balaban J connectivity index is 2.28. The van der Waals surface area contributed by atoms with Crippen LogP contribution in [0.2, 0.25) is 0 Å². The highest BCUT2D eigenvalue weighted by Crippen LogP contribution is 2.19. The molecule has 2 aromatic rings. The molecule has 0 aliphatic rings. The molecule has 0 aliphatic carbocycles. The Labute approximate surface area is 114 Å². The average molecular weight is 253 g/mol. The molecular weight excluding hydrogens is 234 g/mol. The van der Waals surface area contributed by atoms with Gasteiger partial charge in [-0.05, 0) is 34.9 Å². The van der Waals surface area contributed by atoms with E-state index in [1.165, 1.54) is 5.69 Å². The van der Waals surface area contributed by atoms with Gasteiger partial charge in [0.2, 0.25) is 0 Å². The number of hydrogen-bond acceptors (Lipinski definition) is 2. The van der Waals surface area contributed by atoms with Gasteiger partial charge < -0.3 is 10.0 Å². The maximum Gasteiger partial charge on any atom is 0.0687 e. The molecule has 0 bridgehead atoms. The van der Waals surface area contributed by atoms with Gasteiger partial charge in [0.1, 0.15) is 0 Å². The number of aliphatic hydroxyl groups excluding tert-OH is 1. The molecule has 0 saturated carbocycles. The molecule has 2 rings (SSSR count). The molecule has 19 heavy (non-hydrogen) atoms. The third-order valence-electron chi connectivity index (χ3n) is 3.07. The summed E-state index contributed by atoms with van der Waals surface area (Å²) < 4.78 is 0. The lowest BCUT2D eigenvalue weighted by molar-refractivity contribution is 0.351. The summed E-state index contributed by atoms with van der Waals surface area (Å²) in [7, 11) is 4.04. The van der Waals surface area contributed by atoms with Crippen LogP contribution in [-0.4, -0.2) is 25.8 Å². The van der Waals surface area contributed by atoms with Crippen molar-refractivity contribution in [2.24, 2.45) is 0 Å². The van der Waals surface area contributed by atoms with Gasteiger partial charge in [-0.2, -0.15) is 0 Å². The fraction of sp³-hybridized carbons (Fsp3) is 0.176. The second kappa shape index (κ2) is 6.21. The van der Waals surface area contributed by atoms with Crippen LogP contribution in [0.4, 0.5) is 5.69 Å². The smallest absolute Gasteiger partial charge is 0.0687 e. The Morgan fingerprint density at radius 2 is 1.63 bits per heavy atom. The summed E-state index contributed by atoms with van der Waals surface area (Å²) in [6, 6.07) is 18.2. The van der Waals surface area contributed by atoms with Crippen LogP contribution >= 0.6 is 0 Å². The minimum atomic E-state index is 0.0411. The Kier molecular flexibility index (Phi) is 4.37. The molecule has 2 heteroatoms. The summed E-state index contributed by atoms with van der Waals surface area (Å²) in [5.41, 5.74) is 4.25. The normalized spacial score (nSPS) is 11.4. The van der Waals surface area contributed by atoms with E-state index in [2.05, 4.69) is 29.2 Å². The van der Waals surface area contributed by atoms with E-state index in [0.29, 0.717) is 0 Å². The standard InChI is InChI=1S/C17H19NO/c1-18(2)17-10-8-14(9-11-17)12-16(13-19)15-6-4-3-5-7-15/h3-12,19H,13H2,1-2H3. The van der Waals surface area contributed by atoms with Crippen LogP contribution in [0, 0.1) is 0 Å². The zero-order valence-corrected chi connectivity index (χ0v) is 11.4. The van der Waals surface area contributed by atoms with Crippen molar-refractivity contribution < 1.29 is 5.11 Å². The number of benzene rings is 2. The molecule has 0 radical (unpaired) electrons. The van der Waals surface area contributed by atoms with Crippen LogP contribution in [0.25, 0.3) is 11.6 Å². The van der Waals surface area contributed by atoms with Gasteiger partial charge in [-0.1, -0.05) is 42.5 Å². The van der Waals surface area contributed by atoms with E-state index in [0.717, 1.165) is 16.7 Å². The van der Waals surface area contributed by atoms with Crippen molar-refractivity contribution in [3.63, 3.8) is 0 Å². The Morgan fingerprint density at radius 3 is 2.16 bits per heavy atom. The highest BCUT2D eigenvalue weighted by molar-refractivity contribution is 5.82. The summed E-state index contributed by atoms with van der Waals surface area (Å²) >= 11 is 0. The van der Waals surface area contributed by atoms with E-state index in [9.17, 15) is 5.11 Å². The molecule has 0 atom stereocenters. The molecule has 2 nitrogen and oxygen atoms in total. The van der Waals surface area contributed by atoms with Gasteiger partial charge in [0.25, 0.3) is 0 Å². The zero-order valence-electron chi connectivity index (χ0n) is 11.4. The van der Waals surface area contributed by atoms with Gasteiger partial charge in [0.15, 0.2) is 0 Å². The summed E-state index contributed by atoms with van der Waals surface area (Å²) in [5.74, 6) is 0. The first-order valence-electron chi connectivity index (χ1n) is 6.35. The number of rotatable bonds is 4. The second-order valence-electron chi connectivity index (χ2n) is 4.68. The van der Waals surface area contributed by atoms with Crippen molar-refractivity contribution in [2.75, 3.05) is 25.6 Å². The maximum absolute atomic E-state index is 9.51. The van der Waals surface area contributed by atoms with Crippen LogP contribution in [-0.2, 0) is 0 Å². The lowest BCUT2D eigenvalue weighted by Gasteiger charge is -2.12. The van der Waals surface area contributed by atoms with E-state index in [-0.39, 0.29) is 6.61 Å². The van der Waals surface area contributed by atoms with E-state index >= 15 is 0 Å². The molecule has 0 aromatic heterocycles. The molecule has 2 aromatic carbocycles. The van der Waals surface area contributed by atoms with Crippen LogP contribution in [0.5, 0.6) is 0 Å². The van der Waals surface area contributed by atoms with Crippen LogP contribution in [0.1, 0.15) is 11.1 Å². The first kappa shape index (κ1) is 13.4. The topological polar surface area (TPSA) is 23.5 Å². The summed E-state index contributed by atoms with van der Waals surface area (Å²) in [5, 5.41) is 9.51. The van der Waals surface area contributed by atoms with E-state index in [1.54, 1.807) is 0 Å². The average Bonchev–Trinajstić information content (AvgIpc) is 2.46. The van der Waals surface area contributed by atoms with E-state index in [1.807, 2.05) is 50.5 Å². The predicted molar refractivity (Wildman–Crippen MR) is 82.2 cm³/mol. The lowest BCUT2D eigenvalue weighted by atomic mass is 10.0. The summed E-state index contributed by atoms with van der Waals surface area (Å²) in [6.07, 6.45) is 2.02. The molecule has 0 fully saturated rings. The SMILES string of the molecule is CN(C)c1ccc(C=C(CO)c2ccccc2)cc1. The van der Waals surface area contributed by atoms with Crippen molar-refractivity contribution >= 4 is 17.3 Å². The molecule has 1 N–H and O–H groups in total. The molecule has 0 aliphatic heterocycles. The number of hydrogen-bond donors (Lipinski definition) is 1. The van der Waals surface area contributed by atoms with Crippen molar-refractivity contribution in [3.8, 4) is 0 Å². The van der Waals surface area contributed by atoms with Gasteiger partial charge in [-0.15, -0.1) is 0 Å². The molecule has 0 unspecified atom stereocenters. The number of anilines is 1. The highest BCUT2D eigenvalue weighted by atomic mass is 16.3. The first-order valence-corrected chi connectivity index (χ1v) is 6.35. The lowest BCUT2D eigenvalue weighted by Crippen LogP contribution is -2.07.